The Morgan fingerprint density at radius 1 is 1.04 bits per heavy atom. The minimum atomic E-state index is -5.01. The Bertz CT molecular complexity index is 619. The van der Waals surface area contributed by atoms with Crippen LogP contribution in [0.3, 0.4) is 0 Å². The molecule has 138 valence electrons. The first kappa shape index (κ1) is 17.9. The van der Waals surface area contributed by atoms with Crippen molar-refractivity contribution in [2.45, 2.75) is 38.5 Å². The van der Waals surface area contributed by atoms with Gasteiger partial charge in [0.15, 0.2) is 11.5 Å². The van der Waals surface area contributed by atoms with Gasteiger partial charge in [0.05, 0.1) is 6.61 Å². The highest BCUT2D eigenvalue weighted by Gasteiger charge is 2.35. The van der Waals surface area contributed by atoms with Crippen LogP contribution in [0.4, 0.5) is 17.6 Å². The number of ether oxygens (including phenoxy) is 3. The summed E-state index contributed by atoms with van der Waals surface area (Å²) < 4.78 is 66.5. The maximum Gasteiger partial charge on any atom is 0.573 e. The molecule has 0 N–H and O–H groups in total. The lowest BCUT2D eigenvalue weighted by Gasteiger charge is -2.21. The van der Waals surface area contributed by atoms with Gasteiger partial charge in [-0.2, -0.15) is 4.39 Å². The molecule has 0 heterocycles. The van der Waals surface area contributed by atoms with Gasteiger partial charge in [0.1, 0.15) is 6.61 Å². The van der Waals surface area contributed by atoms with E-state index in [1.54, 1.807) is 6.08 Å². The number of benzene rings is 1. The molecule has 0 aromatic heterocycles. The average molecular weight is 360 g/mol. The number of hydrogen-bond donors (Lipinski definition) is 0. The molecular weight excluding hydrogens is 340 g/mol. The van der Waals surface area contributed by atoms with Crippen molar-refractivity contribution in [2.24, 2.45) is 11.8 Å². The fraction of sp³-hybridized carbons (Fsp3) is 0.556. The first-order chi connectivity index (χ1) is 11.9. The summed E-state index contributed by atoms with van der Waals surface area (Å²) in [5, 5.41) is 0. The van der Waals surface area contributed by atoms with Gasteiger partial charge in [0.25, 0.3) is 0 Å². The van der Waals surface area contributed by atoms with Crippen LogP contribution in [0, 0.1) is 17.7 Å². The van der Waals surface area contributed by atoms with Crippen molar-refractivity contribution in [3.63, 3.8) is 0 Å². The first-order valence-corrected chi connectivity index (χ1v) is 8.43. The quantitative estimate of drug-likeness (QED) is 0.468. The smallest absolute Gasteiger partial charge is 0.489 e. The van der Waals surface area contributed by atoms with Crippen molar-refractivity contribution in [3.8, 4) is 17.2 Å². The van der Waals surface area contributed by atoms with Gasteiger partial charge in [-0.3, -0.25) is 0 Å². The van der Waals surface area contributed by atoms with Gasteiger partial charge >= 0.3 is 6.36 Å². The molecule has 2 fully saturated rings. The summed E-state index contributed by atoms with van der Waals surface area (Å²) in [6.07, 6.45) is 4.11. The van der Waals surface area contributed by atoms with Crippen molar-refractivity contribution < 1.29 is 31.8 Å². The number of halogens is 4. The molecule has 7 heteroatoms. The van der Waals surface area contributed by atoms with Crippen molar-refractivity contribution in [3.05, 3.63) is 30.1 Å². The summed E-state index contributed by atoms with van der Waals surface area (Å²) in [7, 11) is 0. The normalized spacial score (nSPS) is 18.2. The molecule has 2 aliphatic carbocycles. The van der Waals surface area contributed by atoms with Gasteiger partial charge in [0.2, 0.25) is 11.6 Å². The number of allylic oxidation sites excluding steroid dienone is 1. The molecule has 3 rings (SSSR count). The molecule has 0 spiro atoms. The van der Waals surface area contributed by atoms with Crippen LogP contribution in [0.25, 0.3) is 0 Å². The Labute approximate surface area is 143 Å². The number of rotatable bonds is 8. The van der Waals surface area contributed by atoms with Crippen LogP contribution in [-0.4, -0.2) is 19.6 Å². The molecule has 1 aromatic rings. The lowest BCUT2D eigenvalue weighted by atomic mass is 9.85. The summed E-state index contributed by atoms with van der Waals surface area (Å²) >= 11 is 0. The van der Waals surface area contributed by atoms with Crippen LogP contribution in [0.5, 0.6) is 17.2 Å². The zero-order valence-electron chi connectivity index (χ0n) is 13.7. The zero-order valence-corrected chi connectivity index (χ0v) is 13.7. The fourth-order valence-corrected chi connectivity index (χ4v) is 2.47. The predicted octanol–water partition coefficient (Wildman–Crippen LogP) is 5.25. The van der Waals surface area contributed by atoms with E-state index in [4.69, 9.17) is 9.47 Å². The Morgan fingerprint density at radius 2 is 1.76 bits per heavy atom. The maximum atomic E-state index is 14.4. The summed E-state index contributed by atoms with van der Waals surface area (Å²) in [4.78, 5) is 0. The summed E-state index contributed by atoms with van der Waals surface area (Å²) in [5.74, 6) is -1.91. The molecule has 0 unspecified atom stereocenters. The molecule has 0 saturated heterocycles. The topological polar surface area (TPSA) is 27.7 Å². The molecule has 3 nitrogen and oxygen atoms in total. The van der Waals surface area contributed by atoms with Crippen LogP contribution in [0.15, 0.2) is 24.3 Å². The van der Waals surface area contributed by atoms with E-state index < -0.39 is 17.9 Å². The average Bonchev–Trinajstić information content (AvgIpc) is 3.30. The molecular formula is C18H20F4O3. The van der Waals surface area contributed by atoms with Gasteiger partial charge in [-0.25, -0.2) is 0 Å². The predicted molar refractivity (Wildman–Crippen MR) is 83.3 cm³/mol. The zero-order chi connectivity index (χ0) is 17.9. The lowest BCUT2D eigenvalue weighted by molar-refractivity contribution is -0.276. The Morgan fingerprint density at radius 3 is 2.36 bits per heavy atom. The molecule has 0 amide bonds. The van der Waals surface area contributed by atoms with E-state index in [9.17, 15) is 17.6 Å². The first-order valence-electron chi connectivity index (χ1n) is 8.43. The Balaban J connectivity index is 1.68. The lowest BCUT2D eigenvalue weighted by Crippen LogP contribution is -2.19. The molecule has 25 heavy (non-hydrogen) atoms. The van der Waals surface area contributed by atoms with Crippen molar-refractivity contribution in [1.82, 2.24) is 0 Å². The Hall–Kier alpha value is -1.92. The SMILES string of the molecule is Fc1c(OC/C=C/C2CCC2)ccc(OCC2CC2)c1OC(F)(F)F. The Kier molecular flexibility index (Phi) is 5.39. The fourth-order valence-electron chi connectivity index (χ4n) is 2.47. The maximum absolute atomic E-state index is 14.4. The van der Waals surface area contributed by atoms with E-state index in [1.165, 1.54) is 18.6 Å². The molecule has 0 bridgehead atoms. The minimum absolute atomic E-state index is 0.0845. The second kappa shape index (κ2) is 7.54. The monoisotopic (exact) mass is 360 g/mol. The molecule has 0 atom stereocenters. The van der Waals surface area contributed by atoms with Crippen LogP contribution in [-0.2, 0) is 0 Å². The third kappa shape index (κ3) is 5.28. The molecule has 2 saturated carbocycles. The minimum Gasteiger partial charge on any atom is -0.489 e. The van der Waals surface area contributed by atoms with E-state index in [-0.39, 0.29) is 24.7 Å². The van der Waals surface area contributed by atoms with E-state index in [1.807, 2.05) is 6.08 Å². The van der Waals surface area contributed by atoms with Gasteiger partial charge in [0, 0.05) is 0 Å². The molecule has 1 aromatic carbocycles. The molecule has 2 aliphatic rings. The van der Waals surface area contributed by atoms with Crippen LogP contribution in [0.1, 0.15) is 32.1 Å². The van der Waals surface area contributed by atoms with Crippen LogP contribution in [0.2, 0.25) is 0 Å². The second-order valence-electron chi connectivity index (χ2n) is 6.44. The second-order valence-corrected chi connectivity index (χ2v) is 6.44. The van der Waals surface area contributed by atoms with E-state index in [0.717, 1.165) is 25.7 Å². The van der Waals surface area contributed by atoms with Crippen molar-refractivity contribution in [1.29, 1.82) is 0 Å². The third-order valence-electron chi connectivity index (χ3n) is 4.31. The van der Waals surface area contributed by atoms with Crippen molar-refractivity contribution >= 4 is 0 Å². The van der Waals surface area contributed by atoms with E-state index in [2.05, 4.69) is 4.74 Å². The van der Waals surface area contributed by atoms with Crippen LogP contribution >= 0.6 is 0 Å². The summed E-state index contributed by atoms with van der Waals surface area (Å²) in [6.45, 7) is 0.332. The molecule has 0 radical (unpaired) electrons. The molecule has 0 aliphatic heterocycles. The number of alkyl halides is 3. The standard InChI is InChI=1S/C18H20F4O3/c19-16-14(23-10-2-5-12-3-1-4-12)8-9-15(24-11-13-6-7-13)17(16)25-18(20,21)22/h2,5,8-9,12-13H,1,3-4,6-7,10-11H2/b5-2+. The van der Waals surface area contributed by atoms with Crippen LogP contribution < -0.4 is 14.2 Å². The summed E-state index contributed by atoms with van der Waals surface area (Å²) in [6, 6.07) is 2.51. The van der Waals surface area contributed by atoms with E-state index in [0.29, 0.717) is 11.8 Å². The highest BCUT2D eigenvalue weighted by atomic mass is 19.4. The van der Waals surface area contributed by atoms with Gasteiger partial charge in [-0.1, -0.05) is 18.6 Å². The number of hydrogen-bond acceptors (Lipinski definition) is 3. The highest BCUT2D eigenvalue weighted by Crippen LogP contribution is 2.40. The summed E-state index contributed by atoms with van der Waals surface area (Å²) in [5.41, 5.74) is 0. The third-order valence-corrected chi connectivity index (χ3v) is 4.31. The van der Waals surface area contributed by atoms with E-state index >= 15 is 0 Å². The van der Waals surface area contributed by atoms with Gasteiger partial charge in [-0.15, -0.1) is 13.2 Å². The van der Waals surface area contributed by atoms with Gasteiger partial charge in [-0.05, 0) is 49.7 Å². The largest absolute Gasteiger partial charge is 0.573 e. The highest BCUT2D eigenvalue weighted by molar-refractivity contribution is 5.47. The van der Waals surface area contributed by atoms with Gasteiger partial charge < -0.3 is 14.2 Å². The van der Waals surface area contributed by atoms with Crippen molar-refractivity contribution in [2.75, 3.05) is 13.2 Å².